The standard InChI is InChI=1S/C15H27NO3/c1-15(2)8-7-13(19-15)11-16-9-5-4-6-12(16)10-14(17)18-3/h12-13H,4-11H2,1-3H3. The summed E-state index contributed by atoms with van der Waals surface area (Å²) in [6.45, 7) is 6.37. The van der Waals surface area contributed by atoms with Gasteiger partial charge in [0.2, 0.25) is 0 Å². The Hall–Kier alpha value is -0.610. The molecule has 2 heterocycles. The Bertz CT molecular complexity index is 317. The van der Waals surface area contributed by atoms with Crippen LogP contribution in [0.5, 0.6) is 0 Å². The van der Waals surface area contributed by atoms with Gasteiger partial charge in [-0.3, -0.25) is 9.69 Å². The van der Waals surface area contributed by atoms with E-state index in [4.69, 9.17) is 9.47 Å². The molecule has 0 aliphatic carbocycles. The number of esters is 1. The first-order valence-electron chi connectivity index (χ1n) is 7.49. The second kappa shape index (κ2) is 6.23. The van der Waals surface area contributed by atoms with Crippen LogP contribution >= 0.6 is 0 Å². The first-order chi connectivity index (χ1) is 9.00. The maximum atomic E-state index is 11.5. The molecule has 0 N–H and O–H groups in total. The van der Waals surface area contributed by atoms with E-state index in [9.17, 15) is 4.79 Å². The van der Waals surface area contributed by atoms with Crippen LogP contribution in [0.15, 0.2) is 0 Å². The zero-order chi connectivity index (χ0) is 13.9. The number of nitrogens with zero attached hydrogens (tertiary/aromatic N) is 1. The van der Waals surface area contributed by atoms with Crippen LogP contribution in [0.25, 0.3) is 0 Å². The summed E-state index contributed by atoms with van der Waals surface area (Å²) < 4.78 is 10.9. The SMILES string of the molecule is COC(=O)CC1CCCCN1CC1CCC(C)(C)O1. The van der Waals surface area contributed by atoms with Crippen molar-refractivity contribution in [3.8, 4) is 0 Å². The van der Waals surface area contributed by atoms with E-state index in [2.05, 4.69) is 18.7 Å². The van der Waals surface area contributed by atoms with Gasteiger partial charge in [0.1, 0.15) is 0 Å². The lowest BCUT2D eigenvalue weighted by molar-refractivity contribution is -0.142. The Kier molecular flexibility index (Phi) is 4.85. The van der Waals surface area contributed by atoms with Gasteiger partial charge in [-0.2, -0.15) is 0 Å². The molecule has 0 aromatic heterocycles. The Labute approximate surface area is 116 Å². The number of rotatable bonds is 4. The van der Waals surface area contributed by atoms with Gasteiger partial charge in [-0.1, -0.05) is 6.42 Å². The lowest BCUT2D eigenvalue weighted by Crippen LogP contribution is -2.45. The largest absolute Gasteiger partial charge is 0.469 e. The summed E-state index contributed by atoms with van der Waals surface area (Å²) in [7, 11) is 1.47. The first-order valence-corrected chi connectivity index (χ1v) is 7.49. The highest BCUT2D eigenvalue weighted by molar-refractivity contribution is 5.69. The Morgan fingerprint density at radius 2 is 2.16 bits per heavy atom. The number of methoxy groups -OCH3 is 1. The lowest BCUT2D eigenvalue weighted by Gasteiger charge is -2.36. The van der Waals surface area contributed by atoms with Crippen LogP contribution in [-0.2, 0) is 14.3 Å². The molecule has 4 nitrogen and oxygen atoms in total. The van der Waals surface area contributed by atoms with E-state index < -0.39 is 0 Å². The normalized spacial score (nSPS) is 31.3. The van der Waals surface area contributed by atoms with Crippen molar-refractivity contribution < 1.29 is 14.3 Å². The molecular formula is C15H27NO3. The fourth-order valence-electron chi connectivity index (χ4n) is 3.27. The quantitative estimate of drug-likeness (QED) is 0.734. The van der Waals surface area contributed by atoms with E-state index in [-0.39, 0.29) is 11.6 Å². The number of likely N-dealkylation sites (tertiary alicyclic amines) is 1. The molecule has 2 rings (SSSR count). The number of carbonyl (C=O) groups excluding carboxylic acids is 1. The third-order valence-corrected chi connectivity index (χ3v) is 4.37. The number of hydrogen-bond acceptors (Lipinski definition) is 4. The molecule has 2 atom stereocenters. The molecule has 2 unspecified atom stereocenters. The molecule has 110 valence electrons. The van der Waals surface area contributed by atoms with Crippen molar-refractivity contribution in [3.05, 3.63) is 0 Å². The Balaban J connectivity index is 1.87. The van der Waals surface area contributed by atoms with Crippen molar-refractivity contribution in [3.63, 3.8) is 0 Å². The minimum Gasteiger partial charge on any atom is -0.469 e. The van der Waals surface area contributed by atoms with Crippen molar-refractivity contribution in [2.75, 3.05) is 20.2 Å². The molecule has 0 spiro atoms. The number of hydrogen-bond donors (Lipinski definition) is 0. The van der Waals surface area contributed by atoms with Crippen LogP contribution in [0, 0.1) is 0 Å². The van der Waals surface area contributed by atoms with Crippen LogP contribution in [-0.4, -0.2) is 48.8 Å². The highest BCUT2D eigenvalue weighted by Crippen LogP contribution is 2.31. The molecule has 4 heteroatoms. The van der Waals surface area contributed by atoms with Gasteiger partial charge in [0.25, 0.3) is 0 Å². The molecule has 2 fully saturated rings. The summed E-state index contributed by atoms with van der Waals surface area (Å²) in [5.41, 5.74) is 0.0261. The van der Waals surface area contributed by atoms with Gasteiger partial charge in [0, 0.05) is 12.6 Å². The number of piperidine rings is 1. The Morgan fingerprint density at radius 3 is 2.79 bits per heavy atom. The fraction of sp³-hybridized carbons (Fsp3) is 0.933. The minimum atomic E-state index is -0.0930. The van der Waals surface area contributed by atoms with Gasteiger partial charge in [-0.05, 0) is 46.1 Å². The third-order valence-electron chi connectivity index (χ3n) is 4.37. The average Bonchev–Trinajstić information content (AvgIpc) is 2.71. The molecule has 0 radical (unpaired) electrons. The van der Waals surface area contributed by atoms with E-state index in [0.29, 0.717) is 18.6 Å². The molecular weight excluding hydrogens is 242 g/mol. The van der Waals surface area contributed by atoms with Gasteiger partial charge in [-0.25, -0.2) is 0 Å². The van der Waals surface area contributed by atoms with Crippen molar-refractivity contribution in [2.24, 2.45) is 0 Å². The zero-order valence-electron chi connectivity index (χ0n) is 12.5. The van der Waals surface area contributed by atoms with E-state index in [1.165, 1.54) is 20.0 Å². The van der Waals surface area contributed by atoms with E-state index in [0.717, 1.165) is 32.4 Å². The van der Waals surface area contributed by atoms with Crippen molar-refractivity contribution >= 4 is 5.97 Å². The van der Waals surface area contributed by atoms with Crippen molar-refractivity contribution in [2.45, 2.75) is 70.1 Å². The van der Waals surface area contributed by atoms with E-state index >= 15 is 0 Å². The minimum absolute atomic E-state index is 0.0261. The highest BCUT2D eigenvalue weighted by Gasteiger charge is 2.34. The van der Waals surface area contributed by atoms with E-state index in [1.807, 2.05) is 0 Å². The van der Waals surface area contributed by atoms with Gasteiger partial charge in [-0.15, -0.1) is 0 Å². The molecule has 2 aliphatic rings. The average molecular weight is 269 g/mol. The van der Waals surface area contributed by atoms with Gasteiger partial charge in [0.15, 0.2) is 0 Å². The third kappa shape index (κ3) is 4.18. The van der Waals surface area contributed by atoms with E-state index in [1.54, 1.807) is 0 Å². The molecule has 0 saturated carbocycles. The maximum absolute atomic E-state index is 11.5. The topological polar surface area (TPSA) is 38.8 Å². The molecule has 2 saturated heterocycles. The molecule has 2 aliphatic heterocycles. The summed E-state index contributed by atoms with van der Waals surface area (Å²) in [4.78, 5) is 13.9. The number of ether oxygens (including phenoxy) is 2. The molecule has 0 bridgehead atoms. The maximum Gasteiger partial charge on any atom is 0.307 e. The highest BCUT2D eigenvalue weighted by atomic mass is 16.5. The summed E-state index contributed by atoms with van der Waals surface area (Å²) in [6, 6.07) is 0.341. The van der Waals surface area contributed by atoms with Crippen LogP contribution in [0.2, 0.25) is 0 Å². The second-order valence-corrected chi connectivity index (χ2v) is 6.46. The summed E-state index contributed by atoms with van der Waals surface area (Å²) in [6.07, 6.45) is 6.66. The van der Waals surface area contributed by atoms with Crippen LogP contribution in [0.4, 0.5) is 0 Å². The summed E-state index contributed by atoms with van der Waals surface area (Å²) in [5, 5.41) is 0. The molecule has 19 heavy (non-hydrogen) atoms. The number of carbonyl (C=O) groups is 1. The molecule has 0 amide bonds. The predicted molar refractivity (Wildman–Crippen MR) is 74.0 cm³/mol. The first kappa shape index (κ1) is 14.8. The van der Waals surface area contributed by atoms with Gasteiger partial charge >= 0.3 is 5.97 Å². The van der Waals surface area contributed by atoms with Crippen LogP contribution in [0.3, 0.4) is 0 Å². The van der Waals surface area contributed by atoms with Gasteiger partial charge in [0.05, 0.1) is 25.2 Å². The monoisotopic (exact) mass is 269 g/mol. The summed E-state index contributed by atoms with van der Waals surface area (Å²) in [5.74, 6) is -0.0930. The lowest BCUT2D eigenvalue weighted by atomic mass is 9.98. The summed E-state index contributed by atoms with van der Waals surface area (Å²) >= 11 is 0. The zero-order valence-corrected chi connectivity index (χ0v) is 12.5. The second-order valence-electron chi connectivity index (χ2n) is 6.46. The van der Waals surface area contributed by atoms with Crippen molar-refractivity contribution in [1.82, 2.24) is 4.90 Å². The van der Waals surface area contributed by atoms with Gasteiger partial charge < -0.3 is 9.47 Å². The smallest absolute Gasteiger partial charge is 0.307 e. The van der Waals surface area contributed by atoms with Crippen molar-refractivity contribution in [1.29, 1.82) is 0 Å². The van der Waals surface area contributed by atoms with Crippen LogP contribution in [0.1, 0.15) is 52.4 Å². The molecule has 0 aromatic rings. The van der Waals surface area contributed by atoms with Crippen LogP contribution < -0.4 is 0 Å². The Morgan fingerprint density at radius 1 is 1.37 bits per heavy atom. The predicted octanol–water partition coefficient (Wildman–Crippen LogP) is 2.36. The fourth-order valence-corrected chi connectivity index (χ4v) is 3.27. The molecule has 0 aromatic carbocycles.